The quantitative estimate of drug-likeness (QED) is 0.587. The zero-order valence-electron chi connectivity index (χ0n) is 19.7. The molecule has 1 N–H and O–H groups in total. The number of aryl methyl sites for hydroxylation is 2. The van der Waals surface area contributed by atoms with Crippen LogP contribution in [0, 0.1) is 12.3 Å². The average molecular weight is 456 g/mol. The predicted octanol–water partition coefficient (Wildman–Crippen LogP) is 5.21. The van der Waals surface area contributed by atoms with Crippen LogP contribution in [-0.4, -0.2) is 33.0 Å². The topological polar surface area (TPSA) is 65.8 Å². The number of nitrogens with zero attached hydrogens (tertiary/aromatic N) is 3. The monoisotopic (exact) mass is 455 g/mol. The summed E-state index contributed by atoms with van der Waals surface area (Å²) in [4.78, 5) is 29.6. The summed E-state index contributed by atoms with van der Waals surface area (Å²) in [6.07, 6.45) is 5.79. The van der Waals surface area contributed by atoms with Crippen LogP contribution in [0.4, 0.5) is 5.69 Å². The van der Waals surface area contributed by atoms with E-state index in [0.717, 1.165) is 37.2 Å². The van der Waals surface area contributed by atoms with Crippen molar-refractivity contribution >= 4 is 28.5 Å². The van der Waals surface area contributed by atoms with Crippen LogP contribution in [0.2, 0.25) is 0 Å². The minimum absolute atomic E-state index is 0.00943. The third kappa shape index (κ3) is 3.08. The summed E-state index contributed by atoms with van der Waals surface area (Å²) in [7, 11) is 2.08. The molecule has 0 saturated heterocycles. The smallest absolute Gasteiger partial charge is 0.303 e. The van der Waals surface area contributed by atoms with E-state index in [2.05, 4.69) is 47.8 Å². The van der Waals surface area contributed by atoms with Crippen molar-refractivity contribution in [3.63, 3.8) is 0 Å². The summed E-state index contributed by atoms with van der Waals surface area (Å²) < 4.78 is 2.17. The SMILES string of the molecule is Cc1cccc2c1c(CN1C3=C4CCCC(CC(=O)O)(C4)CN3C(=O)c3ccccc31)cn2C. The fraction of sp³-hybridized carbons (Fsp3) is 0.357. The van der Waals surface area contributed by atoms with E-state index in [1.165, 1.54) is 27.6 Å². The first kappa shape index (κ1) is 21.0. The lowest BCUT2D eigenvalue weighted by Crippen LogP contribution is -2.54. The number of hydrogen-bond acceptors (Lipinski definition) is 3. The number of hydrogen-bond donors (Lipinski definition) is 1. The molecule has 3 aromatic rings. The second-order valence-corrected chi connectivity index (χ2v) is 10.3. The molecule has 3 heterocycles. The van der Waals surface area contributed by atoms with E-state index >= 15 is 0 Å². The van der Waals surface area contributed by atoms with Crippen LogP contribution >= 0.6 is 0 Å². The van der Waals surface area contributed by atoms with Gasteiger partial charge in [-0.3, -0.25) is 14.5 Å². The minimum atomic E-state index is -0.780. The number of benzene rings is 2. The number of carbonyl (C=O) groups is 2. The number of rotatable bonds is 4. The van der Waals surface area contributed by atoms with E-state index in [4.69, 9.17) is 0 Å². The number of aliphatic carboxylic acids is 1. The van der Waals surface area contributed by atoms with Gasteiger partial charge < -0.3 is 14.6 Å². The number of fused-ring (bicyclic) bond motifs is 5. The average Bonchev–Trinajstić information content (AvgIpc) is 3.12. The lowest BCUT2D eigenvalue weighted by atomic mass is 9.67. The lowest BCUT2D eigenvalue weighted by molar-refractivity contribution is -0.140. The normalized spacial score (nSPS) is 21.6. The number of anilines is 1. The van der Waals surface area contributed by atoms with Crippen LogP contribution in [0.15, 0.2) is 60.1 Å². The molecule has 1 aromatic heterocycles. The Bertz CT molecular complexity index is 1380. The Morgan fingerprint density at radius 2 is 1.97 bits per heavy atom. The predicted molar refractivity (Wildman–Crippen MR) is 131 cm³/mol. The third-order valence-electron chi connectivity index (χ3n) is 7.92. The molecule has 1 fully saturated rings. The molecule has 2 aliphatic heterocycles. The largest absolute Gasteiger partial charge is 0.481 e. The molecule has 2 aromatic carbocycles. The maximum atomic E-state index is 13.7. The molecule has 3 aliphatic rings. The summed E-state index contributed by atoms with van der Waals surface area (Å²) in [5, 5.41) is 10.9. The highest BCUT2D eigenvalue weighted by Crippen LogP contribution is 2.51. The molecular formula is C28H29N3O3. The fourth-order valence-corrected chi connectivity index (χ4v) is 6.60. The van der Waals surface area contributed by atoms with Crippen molar-refractivity contribution in [2.75, 3.05) is 11.4 Å². The Labute approximate surface area is 199 Å². The summed E-state index contributed by atoms with van der Waals surface area (Å²) in [6.45, 7) is 3.28. The number of carbonyl (C=O) groups excluding carboxylic acids is 1. The van der Waals surface area contributed by atoms with Crippen molar-refractivity contribution in [3.8, 4) is 0 Å². The maximum Gasteiger partial charge on any atom is 0.303 e. The van der Waals surface area contributed by atoms with Crippen LogP contribution in [0.1, 0.15) is 53.6 Å². The molecule has 0 spiro atoms. The van der Waals surface area contributed by atoms with Crippen molar-refractivity contribution in [1.82, 2.24) is 9.47 Å². The van der Waals surface area contributed by atoms with Gasteiger partial charge in [0.15, 0.2) is 0 Å². The van der Waals surface area contributed by atoms with Gasteiger partial charge in [0.1, 0.15) is 5.82 Å². The van der Waals surface area contributed by atoms with Gasteiger partial charge in [-0.2, -0.15) is 0 Å². The van der Waals surface area contributed by atoms with E-state index in [-0.39, 0.29) is 17.7 Å². The van der Waals surface area contributed by atoms with Crippen LogP contribution in [0.3, 0.4) is 0 Å². The van der Waals surface area contributed by atoms with Gasteiger partial charge in [0.05, 0.1) is 24.2 Å². The van der Waals surface area contributed by atoms with Gasteiger partial charge in [0.2, 0.25) is 0 Å². The van der Waals surface area contributed by atoms with Crippen LogP contribution in [-0.2, 0) is 18.4 Å². The third-order valence-corrected chi connectivity index (χ3v) is 7.92. The first-order valence-corrected chi connectivity index (χ1v) is 12.0. The summed E-state index contributed by atoms with van der Waals surface area (Å²) in [5.74, 6) is 0.192. The lowest BCUT2D eigenvalue weighted by Gasteiger charge is -2.52. The van der Waals surface area contributed by atoms with Gasteiger partial charge in [-0.15, -0.1) is 0 Å². The fourth-order valence-electron chi connectivity index (χ4n) is 6.60. The Kier molecular flexibility index (Phi) is 4.63. The minimum Gasteiger partial charge on any atom is -0.481 e. The summed E-state index contributed by atoms with van der Waals surface area (Å²) in [6, 6.07) is 14.2. The molecular weight excluding hydrogens is 426 g/mol. The van der Waals surface area contributed by atoms with Crippen molar-refractivity contribution < 1.29 is 14.7 Å². The second-order valence-electron chi connectivity index (χ2n) is 10.3. The van der Waals surface area contributed by atoms with E-state index in [0.29, 0.717) is 18.7 Å². The maximum absolute atomic E-state index is 13.7. The van der Waals surface area contributed by atoms with Gasteiger partial charge in [-0.1, -0.05) is 24.3 Å². The highest BCUT2D eigenvalue weighted by molar-refractivity contribution is 6.04. The van der Waals surface area contributed by atoms with E-state index in [9.17, 15) is 14.7 Å². The summed E-state index contributed by atoms with van der Waals surface area (Å²) >= 11 is 0. The Morgan fingerprint density at radius 3 is 2.79 bits per heavy atom. The molecule has 0 radical (unpaired) electrons. The molecule has 6 heteroatoms. The molecule has 34 heavy (non-hydrogen) atoms. The number of para-hydroxylation sites is 1. The second kappa shape index (κ2) is 7.49. The Balaban J connectivity index is 1.52. The van der Waals surface area contributed by atoms with Gasteiger partial charge >= 0.3 is 5.97 Å². The number of aromatic nitrogens is 1. The van der Waals surface area contributed by atoms with Crippen LogP contribution < -0.4 is 4.90 Å². The molecule has 1 saturated carbocycles. The zero-order valence-corrected chi connectivity index (χ0v) is 19.7. The molecule has 1 atom stereocenters. The highest BCUT2D eigenvalue weighted by atomic mass is 16.4. The van der Waals surface area contributed by atoms with Gasteiger partial charge in [0, 0.05) is 36.1 Å². The molecule has 6 nitrogen and oxygen atoms in total. The molecule has 1 amide bonds. The Morgan fingerprint density at radius 1 is 1.15 bits per heavy atom. The zero-order chi connectivity index (χ0) is 23.6. The number of amides is 1. The van der Waals surface area contributed by atoms with E-state index in [1.807, 2.05) is 29.2 Å². The molecule has 1 unspecified atom stereocenters. The van der Waals surface area contributed by atoms with Gasteiger partial charge in [0.25, 0.3) is 5.91 Å². The standard InChI is InChI=1S/C28H29N3O3/c1-18-7-5-11-23-25(18)20(15-29(23)2)16-30-22-10-4-3-9-21(22)27(34)31-17-28(14-24(32)33)12-6-8-19(13-28)26(30)31/h3-5,7,9-11,15H,6,8,12-14,16-17H2,1-2H3,(H,32,33). The molecule has 174 valence electrons. The first-order chi connectivity index (χ1) is 16.4. The number of carboxylic acid groups (broad SMARTS) is 1. The van der Waals surface area contributed by atoms with Crippen molar-refractivity contribution in [2.24, 2.45) is 12.5 Å². The highest BCUT2D eigenvalue weighted by Gasteiger charge is 2.48. The number of carboxylic acids is 1. The van der Waals surface area contributed by atoms with Gasteiger partial charge in [-0.05, 0) is 67.5 Å². The number of allylic oxidation sites excluding steroid dienone is 1. The van der Waals surface area contributed by atoms with Crippen molar-refractivity contribution in [3.05, 3.63) is 76.7 Å². The first-order valence-electron chi connectivity index (χ1n) is 12.0. The van der Waals surface area contributed by atoms with Crippen molar-refractivity contribution in [2.45, 2.75) is 45.6 Å². The van der Waals surface area contributed by atoms with Crippen LogP contribution in [0.5, 0.6) is 0 Å². The van der Waals surface area contributed by atoms with E-state index < -0.39 is 5.97 Å². The van der Waals surface area contributed by atoms with Gasteiger partial charge in [-0.25, -0.2) is 0 Å². The van der Waals surface area contributed by atoms with Crippen molar-refractivity contribution in [1.29, 1.82) is 0 Å². The van der Waals surface area contributed by atoms with Crippen LogP contribution in [0.25, 0.3) is 10.9 Å². The Hall–Kier alpha value is -3.54. The summed E-state index contributed by atoms with van der Waals surface area (Å²) in [5.41, 5.74) is 6.15. The molecule has 6 rings (SSSR count). The molecule has 1 aliphatic carbocycles. The molecule has 2 bridgehead atoms. The van der Waals surface area contributed by atoms with E-state index in [1.54, 1.807) is 0 Å².